The molecule has 11 heavy (non-hydrogen) atoms. The second kappa shape index (κ2) is 4.37. The minimum Gasteiger partial charge on any atom is -0.250 e. The normalized spacial score (nSPS) is 9.45. The van der Waals surface area contributed by atoms with Crippen molar-refractivity contribution in [1.29, 1.82) is 5.26 Å². The van der Waals surface area contributed by atoms with E-state index in [4.69, 9.17) is 5.26 Å². The lowest BCUT2D eigenvalue weighted by Gasteiger charge is -1.92. The second-order valence-corrected chi connectivity index (χ2v) is 3.87. The van der Waals surface area contributed by atoms with E-state index in [1.807, 2.05) is 12.4 Å². The van der Waals surface area contributed by atoms with E-state index in [-0.39, 0.29) is 0 Å². The van der Waals surface area contributed by atoms with E-state index in [0.717, 1.165) is 17.9 Å². The van der Waals surface area contributed by atoms with Gasteiger partial charge >= 0.3 is 0 Å². The van der Waals surface area contributed by atoms with Crippen LogP contribution in [0, 0.1) is 17.6 Å². The van der Waals surface area contributed by atoms with Gasteiger partial charge in [-0.05, 0) is 25.1 Å². The number of aromatic nitrogens is 1. The summed E-state index contributed by atoms with van der Waals surface area (Å²) in [5, 5.41) is 10.3. The Morgan fingerprint density at radius 3 is 3.18 bits per heavy atom. The van der Waals surface area contributed by atoms with E-state index in [1.165, 1.54) is 16.6 Å². The Bertz CT molecular complexity index is 262. The van der Waals surface area contributed by atoms with Crippen LogP contribution in [-0.4, -0.2) is 10.7 Å². The second-order valence-electron chi connectivity index (χ2n) is 2.05. The summed E-state index contributed by atoms with van der Waals surface area (Å²) in [6.07, 6.45) is 0.967. The van der Waals surface area contributed by atoms with Crippen molar-refractivity contribution < 1.29 is 0 Å². The lowest BCUT2D eigenvalue weighted by Crippen LogP contribution is -1.86. The third-order valence-corrected chi connectivity index (χ3v) is 2.87. The van der Waals surface area contributed by atoms with Crippen molar-refractivity contribution in [2.75, 3.05) is 5.75 Å². The summed E-state index contributed by atoms with van der Waals surface area (Å²) in [6.45, 7) is 2.00. The van der Waals surface area contributed by atoms with E-state index < -0.39 is 0 Å². The maximum Gasteiger partial charge on any atom is 0.133 e. The van der Waals surface area contributed by atoms with Gasteiger partial charge < -0.3 is 0 Å². The Kier molecular flexibility index (Phi) is 3.40. The summed E-state index contributed by atoms with van der Waals surface area (Å²) in [7, 11) is 0. The molecule has 0 radical (unpaired) electrons. The Morgan fingerprint density at radius 1 is 1.82 bits per heavy atom. The highest BCUT2D eigenvalue weighted by Gasteiger charge is 1.99. The van der Waals surface area contributed by atoms with Gasteiger partial charge in [-0.15, -0.1) is 11.3 Å². The van der Waals surface area contributed by atoms with Gasteiger partial charge in [0.1, 0.15) is 5.40 Å². The maximum atomic E-state index is 8.26. The number of thiocyanates is 1. The predicted molar refractivity (Wildman–Crippen MR) is 48.6 cm³/mol. The molecule has 0 unspecified atom stereocenters. The minimum atomic E-state index is 0.875. The van der Waals surface area contributed by atoms with Gasteiger partial charge in [0.15, 0.2) is 0 Å². The van der Waals surface area contributed by atoms with Gasteiger partial charge in [-0.3, -0.25) is 0 Å². The molecule has 1 aromatic heterocycles. The van der Waals surface area contributed by atoms with Crippen LogP contribution in [0.3, 0.4) is 0 Å². The quantitative estimate of drug-likeness (QED) is 0.534. The highest BCUT2D eigenvalue weighted by atomic mass is 32.2. The first-order chi connectivity index (χ1) is 5.34. The summed E-state index contributed by atoms with van der Waals surface area (Å²) in [6, 6.07) is 0. The number of aryl methyl sites for hydroxylation is 2. The van der Waals surface area contributed by atoms with E-state index in [0.29, 0.717) is 0 Å². The van der Waals surface area contributed by atoms with Crippen LogP contribution >= 0.6 is 23.1 Å². The molecular weight excluding hydrogens is 176 g/mol. The minimum absolute atomic E-state index is 0.875. The van der Waals surface area contributed by atoms with Gasteiger partial charge in [0, 0.05) is 10.6 Å². The SMILES string of the molecule is Cc1ncsc1CCSC#N. The van der Waals surface area contributed by atoms with Crippen molar-refractivity contribution in [2.24, 2.45) is 0 Å². The third kappa shape index (κ3) is 2.52. The Labute approximate surface area is 74.3 Å². The molecule has 0 amide bonds. The topological polar surface area (TPSA) is 36.7 Å². The van der Waals surface area contributed by atoms with Gasteiger partial charge in [-0.25, -0.2) is 4.98 Å². The van der Waals surface area contributed by atoms with Gasteiger partial charge in [-0.2, -0.15) is 5.26 Å². The zero-order chi connectivity index (χ0) is 8.10. The summed E-state index contributed by atoms with van der Waals surface area (Å²) in [5.74, 6) is 0.875. The van der Waals surface area contributed by atoms with Crippen LogP contribution in [0.5, 0.6) is 0 Å². The molecule has 0 aliphatic heterocycles. The lowest BCUT2D eigenvalue weighted by atomic mass is 10.3. The van der Waals surface area contributed by atoms with Crippen molar-refractivity contribution in [2.45, 2.75) is 13.3 Å². The molecule has 0 aromatic carbocycles. The smallest absolute Gasteiger partial charge is 0.133 e. The van der Waals surface area contributed by atoms with Gasteiger partial charge in [0.05, 0.1) is 11.2 Å². The fourth-order valence-electron chi connectivity index (χ4n) is 0.756. The molecule has 0 bridgehead atoms. The number of thioether (sulfide) groups is 1. The van der Waals surface area contributed by atoms with E-state index in [1.54, 1.807) is 11.3 Å². The Hall–Kier alpha value is -0.530. The highest BCUT2D eigenvalue weighted by Crippen LogP contribution is 2.14. The molecule has 58 valence electrons. The molecule has 0 spiro atoms. The number of hydrogen-bond acceptors (Lipinski definition) is 4. The summed E-state index contributed by atoms with van der Waals surface area (Å²) < 4.78 is 0. The van der Waals surface area contributed by atoms with Crippen LogP contribution in [-0.2, 0) is 6.42 Å². The summed E-state index contributed by atoms with van der Waals surface area (Å²) in [5.41, 5.74) is 2.95. The predicted octanol–water partition coefficient (Wildman–Crippen LogP) is 2.21. The van der Waals surface area contributed by atoms with E-state index >= 15 is 0 Å². The van der Waals surface area contributed by atoms with E-state index in [9.17, 15) is 0 Å². The summed E-state index contributed by atoms with van der Waals surface area (Å²) >= 11 is 2.97. The first kappa shape index (κ1) is 8.57. The molecule has 2 nitrogen and oxygen atoms in total. The van der Waals surface area contributed by atoms with Crippen LogP contribution in [0.15, 0.2) is 5.51 Å². The fourth-order valence-corrected chi connectivity index (χ4v) is 2.06. The van der Waals surface area contributed by atoms with Crippen LogP contribution in [0.4, 0.5) is 0 Å². The van der Waals surface area contributed by atoms with E-state index in [2.05, 4.69) is 10.4 Å². The van der Waals surface area contributed by atoms with Crippen molar-refractivity contribution in [1.82, 2.24) is 4.98 Å². The number of nitriles is 1. The molecular formula is C7H8N2S2. The molecule has 1 aromatic rings. The maximum absolute atomic E-state index is 8.26. The van der Waals surface area contributed by atoms with Crippen LogP contribution < -0.4 is 0 Å². The molecule has 0 fully saturated rings. The highest BCUT2D eigenvalue weighted by molar-refractivity contribution is 8.03. The van der Waals surface area contributed by atoms with Gasteiger partial charge in [0.25, 0.3) is 0 Å². The van der Waals surface area contributed by atoms with Crippen LogP contribution in [0.25, 0.3) is 0 Å². The van der Waals surface area contributed by atoms with Crippen LogP contribution in [0.2, 0.25) is 0 Å². The molecule has 1 rings (SSSR count). The van der Waals surface area contributed by atoms with Crippen molar-refractivity contribution >= 4 is 23.1 Å². The van der Waals surface area contributed by atoms with Crippen molar-refractivity contribution in [3.8, 4) is 5.40 Å². The standard InChI is InChI=1S/C7H8N2S2/c1-6-7(11-5-9-6)2-3-10-4-8/h5H,2-3H2,1H3. The molecule has 4 heteroatoms. The van der Waals surface area contributed by atoms with Crippen molar-refractivity contribution in [3.63, 3.8) is 0 Å². The average Bonchev–Trinajstić information content (AvgIpc) is 2.37. The number of rotatable bonds is 3. The lowest BCUT2D eigenvalue weighted by molar-refractivity contribution is 1.13. The summed E-state index contributed by atoms with van der Waals surface area (Å²) in [4.78, 5) is 5.42. The monoisotopic (exact) mass is 184 g/mol. The third-order valence-electron chi connectivity index (χ3n) is 1.34. The number of nitrogens with zero attached hydrogens (tertiary/aromatic N) is 2. The molecule has 0 saturated heterocycles. The van der Waals surface area contributed by atoms with Gasteiger partial charge in [0.2, 0.25) is 0 Å². The first-order valence-corrected chi connectivity index (χ1v) is 5.11. The first-order valence-electron chi connectivity index (χ1n) is 3.24. The molecule has 0 aliphatic carbocycles. The van der Waals surface area contributed by atoms with Crippen molar-refractivity contribution in [3.05, 3.63) is 16.1 Å². The average molecular weight is 184 g/mol. The van der Waals surface area contributed by atoms with Gasteiger partial charge in [-0.1, -0.05) is 0 Å². The largest absolute Gasteiger partial charge is 0.250 e. The number of hydrogen-bond donors (Lipinski definition) is 0. The number of thiazole rings is 1. The Morgan fingerprint density at radius 2 is 2.64 bits per heavy atom. The zero-order valence-corrected chi connectivity index (χ0v) is 7.84. The zero-order valence-electron chi connectivity index (χ0n) is 6.20. The molecule has 0 atom stereocenters. The van der Waals surface area contributed by atoms with Crippen LogP contribution in [0.1, 0.15) is 10.6 Å². The Balaban J connectivity index is 2.40. The molecule has 1 heterocycles. The fraction of sp³-hybridized carbons (Fsp3) is 0.429. The molecule has 0 N–H and O–H groups in total. The molecule has 0 aliphatic rings. The molecule has 0 saturated carbocycles.